The maximum Gasteiger partial charge on any atom is 0.252 e. The summed E-state index contributed by atoms with van der Waals surface area (Å²) < 4.78 is 0. The number of benzene rings is 1. The van der Waals surface area contributed by atoms with Gasteiger partial charge in [-0.2, -0.15) is 0 Å². The average molecular weight is 229 g/mol. The Morgan fingerprint density at radius 3 is 2.71 bits per heavy atom. The molecule has 0 saturated heterocycles. The molecule has 2 aromatic rings. The van der Waals surface area contributed by atoms with Gasteiger partial charge < -0.3 is 16.5 Å². The minimum Gasteiger partial charge on any atom is -0.385 e. The van der Waals surface area contributed by atoms with Gasteiger partial charge in [-0.1, -0.05) is 25.1 Å². The number of nitrogens with two attached hydrogens (primary N) is 2. The van der Waals surface area contributed by atoms with Crippen LogP contribution in [0.4, 0.5) is 5.82 Å². The van der Waals surface area contributed by atoms with Crippen LogP contribution in [-0.4, -0.2) is 10.9 Å². The van der Waals surface area contributed by atoms with Crippen molar-refractivity contribution < 1.29 is 4.79 Å². The van der Waals surface area contributed by atoms with Crippen LogP contribution in [0.1, 0.15) is 22.8 Å². The Morgan fingerprint density at radius 2 is 2.12 bits per heavy atom. The highest BCUT2D eigenvalue weighted by molar-refractivity contribution is 5.98. The molecule has 0 saturated carbocycles. The molecule has 0 spiro atoms. The second kappa shape index (κ2) is 4.33. The van der Waals surface area contributed by atoms with Crippen molar-refractivity contribution in [2.45, 2.75) is 13.3 Å². The zero-order valence-electron chi connectivity index (χ0n) is 9.66. The number of amides is 1. The molecule has 1 aromatic carbocycles. The van der Waals surface area contributed by atoms with Crippen LogP contribution in [-0.2, 0) is 6.42 Å². The van der Waals surface area contributed by atoms with Crippen molar-refractivity contribution >= 4 is 11.7 Å². The van der Waals surface area contributed by atoms with Gasteiger partial charge >= 0.3 is 0 Å². The van der Waals surface area contributed by atoms with Crippen LogP contribution < -0.4 is 11.5 Å². The Morgan fingerprint density at radius 1 is 1.35 bits per heavy atom. The number of H-pyrrole nitrogens is 1. The molecule has 0 aliphatic heterocycles. The SMILES string of the molecule is CCc1cccc(-c2cc(C(N)=O)c(N)[nH]2)c1. The number of primary amides is 1. The number of aromatic nitrogens is 1. The van der Waals surface area contributed by atoms with Crippen molar-refractivity contribution in [1.82, 2.24) is 4.98 Å². The molecule has 1 amide bonds. The zero-order valence-corrected chi connectivity index (χ0v) is 9.66. The van der Waals surface area contributed by atoms with Gasteiger partial charge in [-0.3, -0.25) is 4.79 Å². The van der Waals surface area contributed by atoms with Crippen molar-refractivity contribution in [2.24, 2.45) is 5.73 Å². The Bertz CT molecular complexity index is 558. The fraction of sp³-hybridized carbons (Fsp3) is 0.154. The van der Waals surface area contributed by atoms with Gasteiger partial charge in [-0.25, -0.2) is 0 Å². The molecule has 0 atom stereocenters. The first-order valence-corrected chi connectivity index (χ1v) is 5.49. The molecule has 0 aliphatic rings. The standard InChI is InChI=1S/C13H15N3O/c1-2-8-4-3-5-9(6-8)11-7-10(13(15)17)12(14)16-11/h3-7,16H,2,14H2,1H3,(H2,15,17). The van der Waals surface area contributed by atoms with E-state index in [9.17, 15) is 4.79 Å². The summed E-state index contributed by atoms with van der Waals surface area (Å²) in [5.74, 6) is -0.203. The van der Waals surface area contributed by atoms with E-state index >= 15 is 0 Å². The zero-order chi connectivity index (χ0) is 12.4. The van der Waals surface area contributed by atoms with Gasteiger partial charge in [0.1, 0.15) is 5.82 Å². The molecule has 4 heteroatoms. The van der Waals surface area contributed by atoms with Gasteiger partial charge in [0.2, 0.25) is 0 Å². The van der Waals surface area contributed by atoms with E-state index in [0.717, 1.165) is 17.7 Å². The maximum atomic E-state index is 11.1. The summed E-state index contributed by atoms with van der Waals surface area (Å²) in [7, 11) is 0. The number of aryl methyl sites for hydroxylation is 1. The molecule has 5 N–H and O–H groups in total. The lowest BCUT2D eigenvalue weighted by atomic mass is 10.1. The Balaban J connectivity index is 2.46. The highest BCUT2D eigenvalue weighted by Gasteiger charge is 2.11. The van der Waals surface area contributed by atoms with E-state index in [1.54, 1.807) is 6.07 Å². The predicted molar refractivity (Wildman–Crippen MR) is 68.5 cm³/mol. The molecule has 1 aromatic heterocycles. The summed E-state index contributed by atoms with van der Waals surface area (Å²) in [6, 6.07) is 9.76. The average Bonchev–Trinajstić information content (AvgIpc) is 2.71. The molecule has 0 fully saturated rings. The third-order valence-electron chi connectivity index (χ3n) is 2.76. The van der Waals surface area contributed by atoms with Gasteiger partial charge in [-0.05, 0) is 29.7 Å². The molecule has 0 bridgehead atoms. The van der Waals surface area contributed by atoms with E-state index in [4.69, 9.17) is 11.5 Å². The topological polar surface area (TPSA) is 84.9 Å². The lowest BCUT2D eigenvalue weighted by molar-refractivity contribution is 0.100. The number of nitrogens with one attached hydrogen (secondary N) is 1. The molecule has 0 aliphatic carbocycles. The lowest BCUT2D eigenvalue weighted by Gasteiger charge is -2.01. The fourth-order valence-electron chi connectivity index (χ4n) is 1.79. The molecule has 2 rings (SSSR count). The van der Waals surface area contributed by atoms with Gasteiger partial charge in [0.15, 0.2) is 0 Å². The van der Waals surface area contributed by atoms with Crippen molar-refractivity contribution in [3.63, 3.8) is 0 Å². The molecule has 0 radical (unpaired) electrons. The molecular formula is C13H15N3O. The number of carbonyl (C=O) groups is 1. The second-order valence-corrected chi connectivity index (χ2v) is 3.93. The van der Waals surface area contributed by atoms with E-state index in [0.29, 0.717) is 11.4 Å². The molecule has 4 nitrogen and oxygen atoms in total. The number of nitrogen functional groups attached to an aromatic ring is 1. The highest BCUT2D eigenvalue weighted by atomic mass is 16.1. The van der Waals surface area contributed by atoms with Crippen LogP contribution >= 0.6 is 0 Å². The summed E-state index contributed by atoms with van der Waals surface area (Å²) in [6.45, 7) is 2.09. The molecule has 88 valence electrons. The van der Waals surface area contributed by atoms with E-state index in [-0.39, 0.29) is 0 Å². The van der Waals surface area contributed by atoms with Gasteiger partial charge in [0.25, 0.3) is 5.91 Å². The summed E-state index contributed by atoms with van der Waals surface area (Å²) >= 11 is 0. The number of anilines is 1. The van der Waals surface area contributed by atoms with Crippen LogP contribution in [0.3, 0.4) is 0 Å². The van der Waals surface area contributed by atoms with Crippen LogP contribution in [0.5, 0.6) is 0 Å². The maximum absolute atomic E-state index is 11.1. The van der Waals surface area contributed by atoms with Crippen molar-refractivity contribution in [2.75, 3.05) is 5.73 Å². The predicted octanol–water partition coefficient (Wildman–Crippen LogP) is 1.93. The second-order valence-electron chi connectivity index (χ2n) is 3.93. The van der Waals surface area contributed by atoms with Crippen LogP contribution in [0.25, 0.3) is 11.3 Å². The number of rotatable bonds is 3. The number of hydrogen-bond acceptors (Lipinski definition) is 2. The van der Waals surface area contributed by atoms with Gasteiger partial charge in [0.05, 0.1) is 5.56 Å². The Kier molecular flexibility index (Phi) is 2.87. The Labute approximate surface area is 99.6 Å². The minimum atomic E-state index is -0.517. The molecule has 17 heavy (non-hydrogen) atoms. The largest absolute Gasteiger partial charge is 0.385 e. The number of hydrogen-bond donors (Lipinski definition) is 3. The first-order valence-electron chi connectivity index (χ1n) is 5.49. The van der Waals surface area contributed by atoms with Crippen molar-refractivity contribution in [1.29, 1.82) is 0 Å². The van der Waals surface area contributed by atoms with E-state index in [1.165, 1.54) is 5.56 Å². The summed E-state index contributed by atoms with van der Waals surface area (Å²) in [5.41, 5.74) is 14.3. The van der Waals surface area contributed by atoms with Crippen molar-refractivity contribution in [3.05, 3.63) is 41.5 Å². The monoisotopic (exact) mass is 229 g/mol. The fourth-order valence-corrected chi connectivity index (χ4v) is 1.79. The third-order valence-corrected chi connectivity index (χ3v) is 2.76. The summed E-state index contributed by atoms with van der Waals surface area (Å²) in [5, 5.41) is 0. The van der Waals surface area contributed by atoms with Gasteiger partial charge in [-0.15, -0.1) is 0 Å². The third kappa shape index (κ3) is 2.15. The number of carbonyl (C=O) groups excluding carboxylic acids is 1. The van der Waals surface area contributed by atoms with Crippen LogP contribution in [0.2, 0.25) is 0 Å². The lowest BCUT2D eigenvalue weighted by Crippen LogP contribution is -2.11. The van der Waals surface area contributed by atoms with Crippen LogP contribution in [0, 0.1) is 0 Å². The first-order chi connectivity index (χ1) is 8.11. The quantitative estimate of drug-likeness (QED) is 0.751. The van der Waals surface area contributed by atoms with E-state index < -0.39 is 5.91 Å². The normalized spacial score (nSPS) is 10.4. The van der Waals surface area contributed by atoms with E-state index in [1.807, 2.05) is 12.1 Å². The summed E-state index contributed by atoms with van der Waals surface area (Å²) in [6.07, 6.45) is 0.965. The smallest absolute Gasteiger partial charge is 0.252 e. The highest BCUT2D eigenvalue weighted by Crippen LogP contribution is 2.24. The molecular weight excluding hydrogens is 214 g/mol. The minimum absolute atomic E-state index is 0.314. The van der Waals surface area contributed by atoms with Gasteiger partial charge in [0, 0.05) is 5.69 Å². The number of aromatic amines is 1. The van der Waals surface area contributed by atoms with Crippen molar-refractivity contribution in [3.8, 4) is 11.3 Å². The Hall–Kier alpha value is -2.23. The van der Waals surface area contributed by atoms with Crippen LogP contribution in [0.15, 0.2) is 30.3 Å². The summed E-state index contributed by atoms with van der Waals surface area (Å²) in [4.78, 5) is 14.1. The molecule has 0 unspecified atom stereocenters. The molecule has 1 heterocycles. The first kappa shape index (κ1) is 11.3. The van der Waals surface area contributed by atoms with E-state index in [2.05, 4.69) is 24.0 Å².